The van der Waals surface area contributed by atoms with Crippen molar-refractivity contribution >= 4 is 11.6 Å². The highest BCUT2D eigenvalue weighted by atomic mass is 16.5. The lowest BCUT2D eigenvalue weighted by Gasteiger charge is -2.28. The molecular formula is C20H31NO3. The molecule has 0 saturated heterocycles. The molecule has 1 aromatic carbocycles. The van der Waals surface area contributed by atoms with Crippen LogP contribution in [0.15, 0.2) is 18.2 Å². The zero-order valence-electron chi connectivity index (χ0n) is 15.5. The summed E-state index contributed by atoms with van der Waals surface area (Å²) in [5.74, 6) is 1.35. The molecule has 0 aliphatic heterocycles. The van der Waals surface area contributed by atoms with E-state index in [0.29, 0.717) is 19.1 Å². The lowest BCUT2D eigenvalue weighted by molar-refractivity contribution is -0.140. The van der Waals surface area contributed by atoms with Gasteiger partial charge in [0, 0.05) is 12.3 Å². The molecular weight excluding hydrogens is 302 g/mol. The standard InChI is InChI=1S/C20H31NO3/c1-5-12-24-20(10-6-7-11-20)19(22)21-17-8-9-18(16(4)13-17)23-14-15(2)3/h8-9,13,15H,5-7,10-12,14H2,1-4H3,(H,21,22). The molecule has 1 aliphatic carbocycles. The van der Waals surface area contributed by atoms with Gasteiger partial charge in [0.25, 0.3) is 5.91 Å². The Bertz CT molecular complexity index is 548. The van der Waals surface area contributed by atoms with Crippen LogP contribution in [0.25, 0.3) is 0 Å². The van der Waals surface area contributed by atoms with E-state index < -0.39 is 5.60 Å². The molecule has 0 radical (unpaired) electrons. The predicted octanol–water partition coefficient (Wildman–Crippen LogP) is 4.71. The number of aryl methyl sites for hydroxylation is 1. The first-order valence-corrected chi connectivity index (χ1v) is 9.15. The van der Waals surface area contributed by atoms with Gasteiger partial charge in [-0.15, -0.1) is 0 Å². The van der Waals surface area contributed by atoms with Crippen LogP contribution in [0.1, 0.15) is 58.4 Å². The fourth-order valence-corrected chi connectivity index (χ4v) is 3.07. The van der Waals surface area contributed by atoms with Gasteiger partial charge in [-0.3, -0.25) is 4.79 Å². The van der Waals surface area contributed by atoms with Crippen molar-refractivity contribution in [2.75, 3.05) is 18.5 Å². The third kappa shape index (κ3) is 4.73. The number of carbonyl (C=O) groups is 1. The second kappa shape index (κ2) is 8.52. The smallest absolute Gasteiger partial charge is 0.256 e. The van der Waals surface area contributed by atoms with Crippen LogP contribution in [-0.4, -0.2) is 24.7 Å². The highest BCUT2D eigenvalue weighted by Crippen LogP contribution is 2.35. The Morgan fingerprint density at radius 2 is 2.00 bits per heavy atom. The molecule has 0 atom stereocenters. The van der Waals surface area contributed by atoms with Gasteiger partial charge >= 0.3 is 0 Å². The molecule has 1 N–H and O–H groups in total. The summed E-state index contributed by atoms with van der Waals surface area (Å²) in [5.41, 5.74) is 1.20. The van der Waals surface area contributed by atoms with Crippen LogP contribution in [0, 0.1) is 12.8 Å². The van der Waals surface area contributed by atoms with E-state index in [1.807, 2.05) is 25.1 Å². The van der Waals surface area contributed by atoms with Gasteiger partial charge in [0.1, 0.15) is 11.4 Å². The van der Waals surface area contributed by atoms with Crippen molar-refractivity contribution in [3.63, 3.8) is 0 Å². The van der Waals surface area contributed by atoms with Crippen molar-refractivity contribution in [3.8, 4) is 5.75 Å². The van der Waals surface area contributed by atoms with E-state index >= 15 is 0 Å². The molecule has 1 saturated carbocycles. The minimum Gasteiger partial charge on any atom is -0.493 e. The molecule has 0 bridgehead atoms. The van der Waals surface area contributed by atoms with Crippen molar-refractivity contribution in [2.45, 2.75) is 65.4 Å². The first-order chi connectivity index (χ1) is 11.5. The monoisotopic (exact) mass is 333 g/mol. The van der Waals surface area contributed by atoms with E-state index in [2.05, 4.69) is 26.1 Å². The Hall–Kier alpha value is -1.55. The Kier molecular flexibility index (Phi) is 6.67. The summed E-state index contributed by atoms with van der Waals surface area (Å²) in [7, 11) is 0. The maximum atomic E-state index is 12.8. The van der Waals surface area contributed by atoms with Crippen molar-refractivity contribution in [2.24, 2.45) is 5.92 Å². The van der Waals surface area contributed by atoms with Gasteiger partial charge in [0.15, 0.2) is 0 Å². The molecule has 0 heterocycles. The number of carbonyl (C=O) groups excluding carboxylic acids is 1. The number of nitrogens with one attached hydrogen (secondary N) is 1. The third-order valence-corrected chi connectivity index (χ3v) is 4.41. The molecule has 0 unspecified atom stereocenters. The third-order valence-electron chi connectivity index (χ3n) is 4.41. The van der Waals surface area contributed by atoms with Crippen molar-refractivity contribution in [1.82, 2.24) is 0 Å². The van der Waals surface area contributed by atoms with E-state index in [1.165, 1.54) is 0 Å². The molecule has 0 aromatic heterocycles. The van der Waals surface area contributed by atoms with E-state index in [9.17, 15) is 4.79 Å². The summed E-state index contributed by atoms with van der Waals surface area (Å²) in [6.07, 6.45) is 4.66. The Labute approximate surface area is 145 Å². The summed E-state index contributed by atoms with van der Waals surface area (Å²) >= 11 is 0. The highest BCUT2D eigenvalue weighted by Gasteiger charge is 2.42. The SMILES string of the molecule is CCCOC1(C(=O)Nc2ccc(OCC(C)C)c(C)c2)CCCC1. The zero-order valence-corrected chi connectivity index (χ0v) is 15.5. The summed E-state index contributed by atoms with van der Waals surface area (Å²) < 4.78 is 11.7. The zero-order chi connectivity index (χ0) is 17.6. The fourth-order valence-electron chi connectivity index (χ4n) is 3.07. The topological polar surface area (TPSA) is 47.6 Å². The second-order valence-electron chi connectivity index (χ2n) is 7.19. The molecule has 1 aromatic rings. The van der Waals surface area contributed by atoms with Gasteiger partial charge in [-0.05, 0) is 68.7 Å². The molecule has 1 amide bonds. The predicted molar refractivity (Wildman–Crippen MR) is 97.6 cm³/mol. The molecule has 4 heteroatoms. The summed E-state index contributed by atoms with van der Waals surface area (Å²) in [4.78, 5) is 12.8. The van der Waals surface area contributed by atoms with Gasteiger partial charge in [0.2, 0.25) is 0 Å². The maximum absolute atomic E-state index is 12.8. The van der Waals surface area contributed by atoms with Crippen LogP contribution in [-0.2, 0) is 9.53 Å². The number of anilines is 1. The quantitative estimate of drug-likeness (QED) is 0.749. The average molecular weight is 333 g/mol. The van der Waals surface area contributed by atoms with Crippen LogP contribution >= 0.6 is 0 Å². The molecule has 2 rings (SSSR count). The first kappa shape index (κ1) is 18.8. The number of benzene rings is 1. The minimum atomic E-state index is -0.642. The van der Waals surface area contributed by atoms with E-state index in [4.69, 9.17) is 9.47 Å². The molecule has 24 heavy (non-hydrogen) atoms. The summed E-state index contributed by atoms with van der Waals surface area (Å²) in [5, 5.41) is 3.05. The van der Waals surface area contributed by atoms with E-state index in [-0.39, 0.29) is 5.91 Å². The Morgan fingerprint density at radius 3 is 2.58 bits per heavy atom. The molecule has 134 valence electrons. The van der Waals surface area contributed by atoms with Crippen LogP contribution in [0.2, 0.25) is 0 Å². The number of rotatable bonds is 8. The molecule has 0 spiro atoms. The summed E-state index contributed by atoms with van der Waals surface area (Å²) in [6, 6.07) is 5.81. The van der Waals surface area contributed by atoms with E-state index in [0.717, 1.165) is 49.1 Å². The van der Waals surface area contributed by atoms with Crippen LogP contribution in [0.5, 0.6) is 5.75 Å². The van der Waals surface area contributed by atoms with Crippen molar-refractivity contribution < 1.29 is 14.3 Å². The summed E-state index contributed by atoms with van der Waals surface area (Å²) in [6.45, 7) is 9.65. The average Bonchev–Trinajstić information content (AvgIpc) is 3.02. The van der Waals surface area contributed by atoms with Gasteiger partial charge in [0.05, 0.1) is 6.61 Å². The number of hydrogen-bond acceptors (Lipinski definition) is 3. The second-order valence-corrected chi connectivity index (χ2v) is 7.19. The number of amides is 1. The van der Waals surface area contributed by atoms with Gasteiger partial charge in [-0.2, -0.15) is 0 Å². The van der Waals surface area contributed by atoms with Crippen LogP contribution < -0.4 is 10.1 Å². The lowest BCUT2D eigenvalue weighted by Crippen LogP contribution is -2.43. The minimum absolute atomic E-state index is 0.0105. The number of hydrogen-bond donors (Lipinski definition) is 1. The van der Waals surface area contributed by atoms with Crippen LogP contribution in [0.3, 0.4) is 0 Å². The molecule has 1 aliphatic rings. The van der Waals surface area contributed by atoms with Crippen molar-refractivity contribution in [1.29, 1.82) is 0 Å². The molecule has 4 nitrogen and oxygen atoms in total. The lowest BCUT2D eigenvalue weighted by atomic mass is 10.0. The fraction of sp³-hybridized carbons (Fsp3) is 0.650. The first-order valence-electron chi connectivity index (χ1n) is 9.15. The normalized spacial score (nSPS) is 16.4. The van der Waals surface area contributed by atoms with Crippen molar-refractivity contribution in [3.05, 3.63) is 23.8 Å². The van der Waals surface area contributed by atoms with Gasteiger partial charge in [-0.25, -0.2) is 0 Å². The Balaban J connectivity index is 2.03. The van der Waals surface area contributed by atoms with Crippen LogP contribution in [0.4, 0.5) is 5.69 Å². The Morgan fingerprint density at radius 1 is 1.29 bits per heavy atom. The maximum Gasteiger partial charge on any atom is 0.256 e. The van der Waals surface area contributed by atoms with Gasteiger partial charge < -0.3 is 14.8 Å². The van der Waals surface area contributed by atoms with E-state index in [1.54, 1.807) is 0 Å². The largest absolute Gasteiger partial charge is 0.493 e. The number of ether oxygens (including phenoxy) is 2. The molecule has 1 fully saturated rings. The van der Waals surface area contributed by atoms with Gasteiger partial charge in [-0.1, -0.05) is 20.8 Å². The highest BCUT2D eigenvalue weighted by molar-refractivity contribution is 5.97.